The van der Waals surface area contributed by atoms with Crippen LogP contribution in [0.1, 0.15) is 45.7 Å². The molecule has 0 radical (unpaired) electrons. The highest BCUT2D eigenvalue weighted by molar-refractivity contribution is 6.74. The van der Waals surface area contributed by atoms with Crippen LogP contribution in [0, 0.1) is 5.82 Å². The molecule has 0 aliphatic carbocycles. The van der Waals surface area contributed by atoms with Gasteiger partial charge in [-0.05, 0) is 43.6 Å². The monoisotopic (exact) mass is 370 g/mol. The third-order valence-corrected chi connectivity index (χ3v) is 9.12. The molecule has 0 aromatic heterocycles. The zero-order valence-electron chi connectivity index (χ0n) is 16.4. The number of ether oxygens (including phenoxy) is 1. The first-order chi connectivity index (χ1) is 11.3. The number of hydrogen-bond donors (Lipinski definition) is 1. The first-order valence-electron chi connectivity index (χ1n) is 8.63. The van der Waals surface area contributed by atoms with E-state index < -0.39 is 20.4 Å². The Morgan fingerprint density at radius 2 is 1.88 bits per heavy atom. The molecule has 0 saturated carbocycles. The number of aliphatic carboxylic acids is 1. The molecule has 1 unspecified atom stereocenters. The van der Waals surface area contributed by atoms with E-state index in [0.29, 0.717) is 5.56 Å². The minimum absolute atomic E-state index is 0.0423. The van der Waals surface area contributed by atoms with Crippen molar-refractivity contribution in [1.29, 1.82) is 0 Å². The second-order valence-corrected chi connectivity index (χ2v) is 13.0. The molecule has 1 atom stereocenters. The summed E-state index contributed by atoms with van der Waals surface area (Å²) in [4.78, 5) is 11.3. The lowest BCUT2D eigenvalue weighted by molar-refractivity contribution is -0.153. The molecule has 0 aliphatic heterocycles. The summed E-state index contributed by atoms with van der Waals surface area (Å²) in [6.45, 7) is 14.4. The first kappa shape index (κ1) is 21.8. The van der Waals surface area contributed by atoms with Gasteiger partial charge in [-0.15, -0.1) is 0 Å². The molecule has 1 aromatic rings. The molecule has 1 N–H and O–H groups in total. The van der Waals surface area contributed by atoms with E-state index >= 15 is 0 Å². The van der Waals surface area contributed by atoms with Crippen LogP contribution in [0.25, 0.3) is 0 Å². The standard InChI is InChI=1S/C19H31FO4Si/c1-13(2)24-17(18(21)22)11-14-8-9-16(20)15(10-14)12-23-25(6,7)19(3,4)5/h8-10,13,17H,11-12H2,1-7H3,(H,21,22). The molecule has 0 spiro atoms. The number of rotatable bonds is 8. The SMILES string of the molecule is CC(C)OC(Cc1ccc(F)c(CO[Si](C)(C)C(C)(C)C)c1)C(=O)O. The van der Waals surface area contributed by atoms with Gasteiger partial charge >= 0.3 is 5.97 Å². The fraction of sp³-hybridized carbons (Fsp3) is 0.632. The predicted octanol–water partition coefficient (Wildman–Crippen LogP) is 4.77. The van der Waals surface area contributed by atoms with Crippen LogP contribution in [-0.4, -0.2) is 31.6 Å². The van der Waals surface area contributed by atoms with Crippen LogP contribution in [0.4, 0.5) is 4.39 Å². The summed E-state index contributed by atoms with van der Waals surface area (Å²) in [5.74, 6) is -1.35. The highest BCUT2D eigenvalue weighted by Crippen LogP contribution is 2.37. The molecule has 0 saturated heterocycles. The van der Waals surface area contributed by atoms with Gasteiger partial charge in [-0.3, -0.25) is 0 Å². The van der Waals surface area contributed by atoms with Crippen LogP contribution in [-0.2, 0) is 27.0 Å². The van der Waals surface area contributed by atoms with Crippen molar-refractivity contribution < 1.29 is 23.5 Å². The van der Waals surface area contributed by atoms with Crippen molar-refractivity contribution in [2.24, 2.45) is 0 Å². The molecule has 4 nitrogen and oxygen atoms in total. The minimum atomic E-state index is -1.99. The third kappa shape index (κ3) is 6.53. The van der Waals surface area contributed by atoms with Crippen molar-refractivity contribution in [3.8, 4) is 0 Å². The van der Waals surface area contributed by atoms with Crippen molar-refractivity contribution in [1.82, 2.24) is 0 Å². The topological polar surface area (TPSA) is 55.8 Å². The Labute approximate surface area is 151 Å². The summed E-state index contributed by atoms with van der Waals surface area (Å²) in [6.07, 6.45) is -0.941. The average Bonchev–Trinajstić information content (AvgIpc) is 2.45. The van der Waals surface area contributed by atoms with Gasteiger partial charge in [-0.2, -0.15) is 0 Å². The minimum Gasteiger partial charge on any atom is -0.479 e. The Kier molecular flexibility index (Phi) is 7.35. The molecule has 0 bridgehead atoms. The van der Waals surface area contributed by atoms with E-state index in [1.807, 2.05) is 0 Å². The van der Waals surface area contributed by atoms with E-state index in [1.165, 1.54) is 6.07 Å². The Hall–Kier alpha value is -1.24. The number of carboxylic acids is 1. The summed E-state index contributed by atoms with van der Waals surface area (Å²) in [7, 11) is -1.99. The highest BCUT2D eigenvalue weighted by atomic mass is 28.4. The maximum Gasteiger partial charge on any atom is 0.333 e. The van der Waals surface area contributed by atoms with Crippen LogP contribution in [0.3, 0.4) is 0 Å². The number of benzene rings is 1. The molecule has 142 valence electrons. The zero-order chi connectivity index (χ0) is 19.4. The number of hydrogen-bond acceptors (Lipinski definition) is 3. The smallest absolute Gasteiger partial charge is 0.333 e. The van der Waals surface area contributed by atoms with E-state index in [0.717, 1.165) is 5.56 Å². The van der Waals surface area contributed by atoms with Crippen molar-refractivity contribution >= 4 is 14.3 Å². The normalized spacial score (nSPS) is 14.0. The van der Waals surface area contributed by atoms with Gasteiger partial charge in [0.15, 0.2) is 14.4 Å². The maximum atomic E-state index is 14.1. The second kappa shape index (κ2) is 8.43. The van der Waals surface area contributed by atoms with Crippen LogP contribution in [0.2, 0.25) is 18.1 Å². The highest BCUT2D eigenvalue weighted by Gasteiger charge is 2.37. The van der Waals surface area contributed by atoms with Gasteiger partial charge in [-0.25, -0.2) is 9.18 Å². The second-order valence-electron chi connectivity index (χ2n) is 8.19. The van der Waals surface area contributed by atoms with Crippen LogP contribution in [0.5, 0.6) is 0 Å². The molecule has 25 heavy (non-hydrogen) atoms. The molecule has 1 aromatic carbocycles. The number of carboxylic acid groups (broad SMARTS) is 1. The lowest BCUT2D eigenvalue weighted by Gasteiger charge is -2.36. The molecule has 6 heteroatoms. The van der Waals surface area contributed by atoms with E-state index in [2.05, 4.69) is 33.9 Å². The Morgan fingerprint density at radius 1 is 1.28 bits per heavy atom. The molecule has 1 rings (SSSR count). The van der Waals surface area contributed by atoms with Crippen molar-refractivity contribution in [3.63, 3.8) is 0 Å². The van der Waals surface area contributed by atoms with Gasteiger partial charge in [0.1, 0.15) is 5.82 Å². The largest absolute Gasteiger partial charge is 0.479 e. The average molecular weight is 371 g/mol. The Balaban J connectivity index is 2.90. The maximum absolute atomic E-state index is 14.1. The fourth-order valence-corrected chi connectivity index (χ4v) is 3.03. The van der Waals surface area contributed by atoms with Crippen molar-refractivity contribution in [2.45, 2.75) is 78.0 Å². The van der Waals surface area contributed by atoms with Crippen molar-refractivity contribution in [3.05, 3.63) is 35.1 Å². The van der Waals surface area contributed by atoms with E-state index in [1.54, 1.807) is 26.0 Å². The quantitative estimate of drug-likeness (QED) is 0.670. The van der Waals surface area contributed by atoms with Gasteiger partial charge < -0.3 is 14.3 Å². The van der Waals surface area contributed by atoms with Gasteiger partial charge in [0.25, 0.3) is 0 Å². The Bertz CT molecular complexity index is 594. The summed E-state index contributed by atoms with van der Waals surface area (Å²) >= 11 is 0. The fourth-order valence-electron chi connectivity index (χ4n) is 2.08. The number of carbonyl (C=O) groups is 1. The molecule has 0 fully saturated rings. The van der Waals surface area contributed by atoms with Crippen molar-refractivity contribution in [2.75, 3.05) is 0 Å². The summed E-state index contributed by atoms with van der Waals surface area (Å²) in [6, 6.07) is 4.65. The van der Waals surface area contributed by atoms with Gasteiger partial charge in [0.2, 0.25) is 0 Å². The number of halogens is 1. The molecular weight excluding hydrogens is 339 g/mol. The predicted molar refractivity (Wildman–Crippen MR) is 99.7 cm³/mol. The lowest BCUT2D eigenvalue weighted by atomic mass is 10.0. The third-order valence-electron chi connectivity index (χ3n) is 4.64. The van der Waals surface area contributed by atoms with Gasteiger partial charge in [-0.1, -0.05) is 32.9 Å². The summed E-state index contributed by atoms with van der Waals surface area (Å²) in [5, 5.41) is 9.33. The lowest BCUT2D eigenvalue weighted by Crippen LogP contribution is -2.40. The summed E-state index contributed by atoms with van der Waals surface area (Å²) < 4.78 is 25.6. The Morgan fingerprint density at radius 3 is 2.36 bits per heavy atom. The molecule has 0 amide bonds. The van der Waals surface area contributed by atoms with Crippen LogP contribution in [0.15, 0.2) is 18.2 Å². The molecule has 0 aliphatic rings. The van der Waals surface area contributed by atoms with E-state index in [-0.39, 0.29) is 30.0 Å². The molecule has 0 heterocycles. The van der Waals surface area contributed by atoms with Crippen LogP contribution < -0.4 is 0 Å². The zero-order valence-corrected chi connectivity index (χ0v) is 17.4. The first-order valence-corrected chi connectivity index (χ1v) is 11.5. The van der Waals surface area contributed by atoms with Gasteiger partial charge in [0, 0.05) is 12.0 Å². The van der Waals surface area contributed by atoms with Gasteiger partial charge in [0.05, 0.1) is 12.7 Å². The van der Waals surface area contributed by atoms with Crippen LogP contribution >= 0.6 is 0 Å². The summed E-state index contributed by atoms with van der Waals surface area (Å²) in [5.41, 5.74) is 1.18. The molecular formula is C19H31FO4Si. The van der Waals surface area contributed by atoms with E-state index in [9.17, 15) is 14.3 Å². The van der Waals surface area contributed by atoms with E-state index in [4.69, 9.17) is 9.16 Å².